The Morgan fingerprint density at radius 1 is 0.909 bits per heavy atom. The van der Waals surface area contributed by atoms with Gasteiger partial charge in [0.05, 0.1) is 11.0 Å². The second-order valence-electron chi connectivity index (χ2n) is 8.07. The summed E-state index contributed by atoms with van der Waals surface area (Å²) in [6, 6.07) is 13.0. The van der Waals surface area contributed by atoms with Crippen LogP contribution in [0.4, 0.5) is 5.95 Å². The number of nitrogens with zero attached hydrogens (tertiary/aromatic N) is 4. The summed E-state index contributed by atoms with van der Waals surface area (Å²) in [7, 11) is 0. The SMILES string of the molecule is Oc1ccc2c(c1)nc(-c1ccc3c(c1)OCCO3)n2-c1ccnc(NC2CCOCC2)n1. The topological polar surface area (TPSA) is 104 Å². The van der Waals surface area contributed by atoms with Crippen LogP contribution < -0.4 is 14.8 Å². The molecule has 168 valence electrons. The first kappa shape index (κ1) is 19.8. The van der Waals surface area contributed by atoms with E-state index in [4.69, 9.17) is 24.2 Å². The quantitative estimate of drug-likeness (QED) is 0.492. The third-order valence-electron chi connectivity index (χ3n) is 5.86. The molecule has 0 saturated carbocycles. The molecule has 0 spiro atoms. The standard InChI is InChI=1S/C24H23N5O4/c30-17-2-3-19-18(14-17)27-23(15-1-4-20-21(13-15)33-12-11-32-20)29(19)22-5-8-25-24(28-22)26-16-6-9-31-10-7-16/h1-5,8,13-14,16,30H,6-7,9-12H2,(H,25,26,28). The Balaban J connectivity index is 1.46. The van der Waals surface area contributed by atoms with E-state index in [1.165, 1.54) is 0 Å². The summed E-state index contributed by atoms with van der Waals surface area (Å²) in [4.78, 5) is 14.0. The fourth-order valence-electron chi connectivity index (χ4n) is 4.24. The van der Waals surface area contributed by atoms with Gasteiger partial charge in [0.1, 0.15) is 30.6 Å². The van der Waals surface area contributed by atoms with Crippen LogP contribution in [-0.4, -0.2) is 57.1 Å². The van der Waals surface area contributed by atoms with Gasteiger partial charge in [0.25, 0.3) is 0 Å². The van der Waals surface area contributed by atoms with Crippen molar-refractivity contribution in [1.82, 2.24) is 19.5 Å². The molecular formula is C24H23N5O4. The summed E-state index contributed by atoms with van der Waals surface area (Å²) >= 11 is 0. The largest absolute Gasteiger partial charge is 0.508 e. The second kappa shape index (κ2) is 8.25. The van der Waals surface area contributed by atoms with Gasteiger partial charge in [-0.25, -0.2) is 9.97 Å². The number of aromatic nitrogens is 4. The van der Waals surface area contributed by atoms with E-state index in [2.05, 4.69) is 10.3 Å². The monoisotopic (exact) mass is 445 g/mol. The van der Waals surface area contributed by atoms with E-state index in [-0.39, 0.29) is 11.8 Å². The fourth-order valence-corrected chi connectivity index (χ4v) is 4.24. The highest BCUT2D eigenvalue weighted by Gasteiger charge is 2.20. The van der Waals surface area contributed by atoms with Crippen molar-refractivity contribution in [2.45, 2.75) is 18.9 Å². The van der Waals surface area contributed by atoms with Crippen molar-refractivity contribution in [2.75, 3.05) is 31.7 Å². The van der Waals surface area contributed by atoms with E-state index in [0.717, 1.165) is 42.9 Å². The highest BCUT2D eigenvalue weighted by molar-refractivity contribution is 5.84. The van der Waals surface area contributed by atoms with Crippen molar-refractivity contribution in [1.29, 1.82) is 0 Å². The Bertz CT molecular complexity index is 1320. The van der Waals surface area contributed by atoms with Crippen molar-refractivity contribution in [3.8, 4) is 34.5 Å². The minimum Gasteiger partial charge on any atom is -0.508 e. The van der Waals surface area contributed by atoms with Crippen molar-refractivity contribution in [3.05, 3.63) is 48.7 Å². The Kier molecular flexibility index (Phi) is 4.95. The third kappa shape index (κ3) is 3.80. The summed E-state index contributed by atoms with van der Waals surface area (Å²) in [6.07, 6.45) is 3.58. The molecule has 1 fully saturated rings. The van der Waals surface area contributed by atoms with Gasteiger partial charge in [0.2, 0.25) is 5.95 Å². The lowest BCUT2D eigenvalue weighted by molar-refractivity contribution is 0.0903. The molecule has 9 heteroatoms. The van der Waals surface area contributed by atoms with Gasteiger partial charge in [-0.05, 0) is 49.2 Å². The Labute approximate surface area is 190 Å². The van der Waals surface area contributed by atoms with Crippen LogP contribution in [0.2, 0.25) is 0 Å². The average Bonchev–Trinajstić information content (AvgIpc) is 3.23. The molecule has 6 rings (SSSR count). The molecule has 33 heavy (non-hydrogen) atoms. The first-order chi connectivity index (χ1) is 16.2. The number of imidazole rings is 1. The lowest BCUT2D eigenvalue weighted by Crippen LogP contribution is -2.28. The molecule has 0 atom stereocenters. The van der Waals surface area contributed by atoms with E-state index < -0.39 is 0 Å². The maximum absolute atomic E-state index is 10.0. The van der Waals surface area contributed by atoms with E-state index in [9.17, 15) is 5.11 Å². The third-order valence-corrected chi connectivity index (χ3v) is 5.86. The fraction of sp³-hybridized carbons (Fsp3) is 0.292. The zero-order chi connectivity index (χ0) is 22.2. The smallest absolute Gasteiger partial charge is 0.224 e. The molecule has 2 aromatic carbocycles. The highest BCUT2D eigenvalue weighted by atomic mass is 16.6. The number of aromatic hydroxyl groups is 1. The predicted octanol–water partition coefficient (Wildman–Crippen LogP) is 3.55. The first-order valence-corrected chi connectivity index (χ1v) is 11.0. The summed E-state index contributed by atoms with van der Waals surface area (Å²) in [5, 5.41) is 13.5. The first-order valence-electron chi connectivity index (χ1n) is 11.0. The van der Waals surface area contributed by atoms with Crippen LogP contribution >= 0.6 is 0 Å². The van der Waals surface area contributed by atoms with Gasteiger partial charge in [-0.3, -0.25) is 4.57 Å². The van der Waals surface area contributed by atoms with Crippen molar-refractivity contribution in [2.24, 2.45) is 0 Å². The Morgan fingerprint density at radius 3 is 2.64 bits per heavy atom. The molecule has 0 radical (unpaired) electrons. The van der Waals surface area contributed by atoms with Gasteiger partial charge >= 0.3 is 0 Å². The van der Waals surface area contributed by atoms with Crippen LogP contribution in [0.15, 0.2) is 48.7 Å². The molecular weight excluding hydrogens is 422 g/mol. The van der Waals surface area contributed by atoms with Gasteiger partial charge in [0, 0.05) is 37.1 Å². The molecule has 0 bridgehead atoms. The molecule has 2 aliphatic rings. The van der Waals surface area contributed by atoms with Crippen molar-refractivity contribution >= 4 is 17.0 Å². The molecule has 2 aromatic heterocycles. The van der Waals surface area contributed by atoms with Gasteiger partial charge in [-0.1, -0.05) is 0 Å². The van der Waals surface area contributed by atoms with Crippen LogP contribution in [0.1, 0.15) is 12.8 Å². The number of hydrogen-bond acceptors (Lipinski definition) is 8. The van der Waals surface area contributed by atoms with Gasteiger partial charge in [0.15, 0.2) is 11.5 Å². The minimum absolute atomic E-state index is 0.158. The van der Waals surface area contributed by atoms with Crippen LogP contribution in [0.3, 0.4) is 0 Å². The normalized spacial score (nSPS) is 16.1. The Hall–Kier alpha value is -3.85. The number of nitrogens with one attached hydrogen (secondary N) is 1. The van der Waals surface area contributed by atoms with Crippen molar-refractivity contribution < 1.29 is 19.3 Å². The molecule has 0 aliphatic carbocycles. The number of anilines is 1. The summed E-state index contributed by atoms with van der Waals surface area (Å²) in [6.45, 7) is 2.52. The number of fused-ring (bicyclic) bond motifs is 2. The van der Waals surface area contributed by atoms with Crippen LogP contribution in [0.5, 0.6) is 17.2 Å². The van der Waals surface area contributed by atoms with Crippen LogP contribution in [-0.2, 0) is 4.74 Å². The lowest BCUT2D eigenvalue weighted by atomic mass is 10.1. The lowest BCUT2D eigenvalue weighted by Gasteiger charge is -2.23. The van der Waals surface area contributed by atoms with Crippen LogP contribution in [0, 0.1) is 0 Å². The maximum Gasteiger partial charge on any atom is 0.224 e. The predicted molar refractivity (Wildman–Crippen MR) is 122 cm³/mol. The molecule has 0 unspecified atom stereocenters. The van der Waals surface area contributed by atoms with Crippen LogP contribution in [0.25, 0.3) is 28.2 Å². The number of ether oxygens (including phenoxy) is 3. The summed E-state index contributed by atoms with van der Waals surface area (Å²) < 4.78 is 18.9. The highest BCUT2D eigenvalue weighted by Crippen LogP contribution is 2.36. The van der Waals surface area contributed by atoms with E-state index in [1.807, 2.05) is 34.9 Å². The maximum atomic E-state index is 10.0. The molecule has 9 nitrogen and oxygen atoms in total. The summed E-state index contributed by atoms with van der Waals surface area (Å²) in [5.74, 6) is 3.49. The van der Waals surface area contributed by atoms with E-state index in [1.54, 1.807) is 18.3 Å². The molecule has 4 heterocycles. The molecule has 2 N–H and O–H groups in total. The van der Waals surface area contributed by atoms with Gasteiger partial charge in [-0.15, -0.1) is 0 Å². The van der Waals surface area contributed by atoms with E-state index >= 15 is 0 Å². The number of phenols is 1. The zero-order valence-electron chi connectivity index (χ0n) is 17.9. The number of rotatable bonds is 4. The van der Waals surface area contributed by atoms with Gasteiger partial charge < -0.3 is 24.6 Å². The second-order valence-corrected chi connectivity index (χ2v) is 8.07. The molecule has 1 saturated heterocycles. The minimum atomic E-state index is 0.158. The average molecular weight is 445 g/mol. The van der Waals surface area contributed by atoms with E-state index in [0.29, 0.717) is 42.1 Å². The Morgan fingerprint density at radius 2 is 1.76 bits per heavy atom. The number of benzene rings is 2. The zero-order valence-corrected chi connectivity index (χ0v) is 17.9. The molecule has 2 aliphatic heterocycles. The van der Waals surface area contributed by atoms with Gasteiger partial charge in [-0.2, -0.15) is 4.98 Å². The number of hydrogen-bond donors (Lipinski definition) is 2. The molecule has 0 amide bonds. The van der Waals surface area contributed by atoms with Crippen molar-refractivity contribution in [3.63, 3.8) is 0 Å². The molecule has 4 aromatic rings. The number of phenolic OH excluding ortho intramolecular Hbond substituents is 1. The summed E-state index contributed by atoms with van der Waals surface area (Å²) in [5.41, 5.74) is 2.35.